The fourth-order valence-corrected chi connectivity index (χ4v) is 2.91. The molecule has 20 heavy (non-hydrogen) atoms. The van der Waals surface area contributed by atoms with Gasteiger partial charge in [-0.2, -0.15) is 0 Å². The Morgan fingerprint density at radius 3 is 2.55 bits per heavy atom. The normalized spacial score (nSPS) is 11.3. The van der Waals surface area contributed by atoms with Crippen LogP contribution in [0.25, 0.3) is 0 Å². The van der Waals surface area contributed by atoms with Crippen LogP contribution < -0.4 is 11.1 Å². The second-order valence-corrected chi connectivity index (χ2v) is 6.89. The minimum atomic E-state index is -3.33. The van der Waals surface area contributed by atoms with Crippen molar-refractivity contribution in [3.05, 3.63) is 53.1 Å². The first-order valence-electron chi connectivity index (χ1n) is 5.95. The molecule has 0 bridgehead atoms. The maximum atomic E-state index is 11.6. The molecule has 106 valence electrons. The van der Waals surface area contributed by atoms with Crippen molar-refractivity contribution in [3.8, 4) is 0 Å². The highest BCUT2D eigenvalue weighted by Crippen LogP contribution is 2.27. The summed E-state index contributed by atoms with van der Waals surface area (Å²) in [5, 5.41) is 3.78. The number of nitrogen functional groups attached to an aromatic ring is 1. The fourth-order valence-electron chi connectivity index (χ4n) is 1.87. The summed E-state index contributed by atoms with van der Waals surface area (Å²) >= 11 is 5.91. The number of hydrogen-bond donors (Lipinski definition) is 2. The van der Waals surface area contributed by atoms with Gasteiger partial charge in [0, 0.05) is 17.8 Å². The quantitative estimate of drug-likeness (QED) is 0.852. The SMILES string of the molecule is CS(=O)(=O)c1cccc(NCc2cccc(Cl)c2)c1N. The molecule has 0 amide bonds. The van der Waals surface area contributed by atoms with Crippen LogP contribution in [0.3, 0.4) is 0 Å². The fraction of sp³-hybridized carbons (Fsp3) is 0.143. The number of halogens is 1. The summed E-state index contributed by atoms with van der Waals surface area (Å²) in [6.07, 6.45) is 1.14. The Bertz CT molecular complexity index is 730. The van der Waals surface area contributed by atoms with E-state index >= 15 is 0 Å². The second-order valence-electron chi connectivity index (χ2n) is 4.47. The van der Waals surface area contributed by atoms with Gasteiger partial charge in [0.2, 0.25) is 0 Å². The smallest absolute Gasteiger partial charge is 0.177 e. The monoisotopic (exact) mass is 310 g/mol. The molecule has 0 atom stereocenters. The lowest BCUT2D eigenvalue weighted by Gasteiger charge is -2.12. The molecule has 2 aromatic carbocycles. The van der Waals surface area contributed by atoms with Crippen LogP contribution >= 0.6 is 11.6 Å². The third kappa shape index (κ3) is 3.43. The molecule has 4 nitrogen and oxygen atoms in total. The standard InChI is InChI=1S/C14H15ClN2O2S/c1-20(18,19)13-7-3-6-12(14(13)16)17-9-10-4-2-5-11(15)8-10/h2-8,17H,9,16H2,1H3. The highest BCUT2D eigenvalue weighted by molar-refractivity contribution is 7.90. The zero-order valence-corrected chi connectivity index (χ0v) is 12.5. The topological polar surface area (TPSA) is 72.2 Å². The second kappa shape index (κ2) is 5.73. The average molecular weight is 311 g/mol. The number of hydrogen-bond acceptors (Lipinski definition) is 4. The summed E-state index contributed by atoms with van der Waals surface area (Å²) in [4.78, 5) is 0.133. The first-order valence-corrected chi connectivity index (χ1v) is 8.22. The molecular weight excluding hydrogens is 296 g/mol. The van der Waals surface area contributed by atoms with Crippen LogP contribution in [0.4, 0.5) is 11.4 Å². The van der Waals surface area contributed by atoms with E-state index in [2.05, 4.69) is 5.32 Å². The molecule has 0 fully saturated rings. The minimum absolute atomic E-state index is 0.133. The molecule has 0 heterocycles. The Balaban J connectivity index is 2.23. The highest BCUT2D eigenvalue weighted by atomic mass is 35.5. The van der Waals surface area contributed by atoms with E-state index in [-0.39, 0.29) is 10.6 Å². The maximum Gasteiger partial charge on any atom is 0.177 e. The zero-order valence-electron chi connectivity index (χ0n) is 10.9. The van der Waals surface area contributed by atoms with Gasteiger partial charge in [-0.05, 0) is 29.8 Å². The summed E-state index contributed by atoms with van der Waals surface area (Å²) in [7, 11) is -3.33. The van der Waals surface area contributed by atoms with Crippen LogP contribution in [0.2, 0.25) is 5.02 Å². The predicted molar refractivity (Wildman–Crippen MR) is 82.7 cm³/mol. The van der Waals surface area contributed by atoms with Gasteiger partial charge in [0.25, 0.3) is 0 Å². The van der Waals surface area contributed by atoms with E-state index in [0.717, 1.165) is 11.8 Å². The summed E-state index contributed by atoms with van der Waals surface area (Å²) in [6.45, 7) is 0.512. The average Bonchev–Trinajstić information content (AvgIpc) is 2.36. The molecule has 2 aromatic rings. The molecule has 2 rings (SSSR count). The summed E-state index contributed by atoms with van der Waals surface area (Å²) in [6, 6.07) is 12.3. The van der Waals surface area contributed by atoms with Gasteiger partial charge in [0.1, 0.15) is 0 Å². The van der Waals surface area contributed by atoms with Gasteiger partial charge in [0.15, 0.2) is 9.84 Å². The Hall–Kier alpha value is -1.72. The van der Waals surface area contributed by atoms with Gasteiger partial charge in [-0.25, -0.2) is 8.42 Å². The van der Waals surface area contributed by atoms with Gasteiger partial charge in [0.05, 0.1) is 16.3 Å². The van der Waals surface area contributed by atoms with Crippen molar-refractivity contribution in [2.75, 3.05) is 17.3 Å². The largest absolute Gasteiger partial charge is 0.396 e. The van der Waals surface area contributed by atoms with E-state index < -0.39 is 9.84 Å². The molecule has 3 N–H and O–H groups in total. The number of rotatable bonds is 4. The van der Waals surface area contributed by atoms with Crippen molar-refractivity contribution < 1.29 is 8.42 Å². The number of para-hydroxylation sites is 1. The Morgan fingerprint density at radius 1 is 1.20 bits per heavy atom. The van der Waals surface area contributed by atoms with Crippen LogP contribution in [0.1, 0.15) is 5.56 Å². The summed E-state index contributed by atoms with van der Waals surface area (Å²) < 4.78 is 23.2. The van der Waals surface area contributed by atoms with Gasteiger partial charge < -0.3 is 11.1 Å². The van der Waals surface area contributed by atoms with E-state index in [1.165, 1.54) is 6.07 Å². The molecule has 0 spiro atoms. The van der Waals surface area contributed by atoms with Gasteiger partial charge >= 0.3 is 0 Å². The van der Waals surface area contributed by atoms with Crippen LogP contribution in [0.5, 0.6) is 0 Å². The zero-order chi connectivity index (χ0) is 14.8. The van der Waals surface area contributed by atoms with Crippen molar-refractivity contribution >= 4 is 32.8 Å². The number of nitrogens with one attached hydrogen (secondary N) is 1. The first-order chi connectivity index (χ1) is 9.38. The lowest BCUT2D eigenvalue weighted by atomic mass is 10.2. The van der Waals surface area contributed by atoms with E-state index in [0.29, 0.717) is 17.3 Å². The molecule has 6 heteroatoms. The Labute approximate surface area is 123 Å². The molecule has 0 radical (unpaired) electrons. The molecule has 0 aromatic heterocycles. The molecular formula is C14H15ClN2O2S. The number of sulfone groups is 1. The molecule has 0 aliphatic heterocycles. The van der Waals surface area contributed by atoms with Crippen LogP contribution in [0, 0.1) is 0 Å². The Kier molecular flexibility index (Phi) is 4.20. The molecule has 0 aliphatic carbocycles. The highest BCUT2D eigenvalue weighted by Gasteiger charge is 2.13. The van der Waals surface area contributed by atoms with Crippen molar-refractivity contribution in [2.24, 2.45) is 0 Å². The lowest BCUT2D eigenvalue weighted by molar-refractivity contribution is 0.602. The van der Waals surface area contributed by atoms with E-state index in [1.807, 2.05) is 18.2 Å². The third-order valence-electron chi connectivity index (χ3n) is 2.84. The van der Waals surface area contributed by atoms with Crippen molar-refractivity contribution in [2.45, 2.75) is 11.4 Å². The van der Waals surface area contributed by atoms with Crippen LogP contribution in [0.15, 0.2) is 47.4 Å². The van der Waals surface area contributed by atoms with Crippen molar-refractivity contribution in [1.82, 2.24) is 0 Å². The lowest BCUT2D eigenvalue weighted by Crippen LogP contribution is -2.07. The predicted octanol–water partition coefficient (Wildman–Crippen LogP) is 2.94. The molecule has 0 aliphatic rings. The van der Waals surface area contributed by atoms with Crippen molar-refractivity contribution in [3.63, 3.8) is 0 Å². The Morgan fingerprint density at radius 2 is 1.90 bits per heavy atom. The summed E-state index contributed by atoms with van der Waals surface area (Å²) in [5.41, 5.74) is 7.71. The van der Waals surface area contributed by atoms with Crippen molar-refractivity contribution in [1.29, 1.82) is 0 Å². The minimum Gasteiger partial charge on any atom is -0.396 e. The molecule has 0 saturated carbocycles. The first kappa shape index (κ1) is 14.7. The summed E-state index contributed by atoms with van der Waals surface area (Å²) in [5.74, 6) is 0. The van der Waals surface area contributed by atoms with Crippen LogP contribution in [-0.2, 0) is 16.4 Å². The molecule has 0 saturated heterocycles. The molecule has 0 unspecified atom stereocenters. The van der Waals surface area contributed by atoms with E-state index in [9.17, 15) is 8.42 Å². The van der Waals surface area contributed by atoms with Gasteiger partial charge in [-0.15, -0.1) is 0 Å². The van der Waals surface area contributed by atoms with Gasteiger partial charge in [-0.3, -0.25) is 0 Å². The van der Waals surface area contributed by atoms with Crippen LogP contribution in [-0.4, -0.2) is 14.7 Å². The maximum absolute atomic E-state index is 11.6. The van der Waals surface area contributed by atoms with E-state index in [4.69, 9.17) is 17.3 Å². The number of nitrogens with two attached hydrogens (primary N) is 1. The number of benzene rings is 2. The van der Waals surface area contributed by atoms with Gasteiger partial charge in [-0.1, -0.05) is 29.8 Å². The number of anilines is 2. The van der Waals surface area contributed by atoms with E-state index in [1.54, 1.807) is 18.2 Å². The third-order valence-corrected chi connectivity index (χ3v) is 4.23.